The lowest BCUT2D eigenvalue weighted by Gasteiger charge is -2.33. The Hall–Kier alpha value is -3.87. The third-order valence-electron chi connectivity index (χ3n) is 5.63. The molecule has 1 aliphatic heterocycles. The normalized spacial score (nSPS) is 14.0. The number of non-ortho nitro benzene ring substituents is 1. The molecule has 0 saturated carbocycles. The van der Waals surface area contributed by atoms with Gasteiger partial charge in [0, 0.05) is 40.6 Å². The summed E-state index contributed by atoms with van der Waals surface area (Å²) in [5, 5.41) is 14.5. The van der Waals surface area contributed by atoms with Crippen LogP contribution in [0, 0.1) is 15.9 Å². The SMILES string of the molecule is COc1cc(F)ccc1-c1ccc2c(c1COc1ccc([N+](=O)[O-])cc1)C(C)=CC(C)(C)N2. The quantitative estimate of drug-likeness (QED) is 0.340. The Morgan fingerprint density at radius 1 is 1.06 bits per heavy atom. The first kappa shape index (κ1) is 22.3. The standard InChI is InChI=1S/C26H25FN2O4/c1-16-14-26(2,3)28-23-12-11-20(21-10-5-17(27)13-24(21)32-4)22(25(16)23)15-33-19-8-6-18(7-9-19)29(30)31/h5-14,28H,15H2,1-4H3. The molecule has 4 rings (SSSR count). The summed E-state index contributed by atoms with van der Waals surface area (Å²) in [6, 6.07) is 14.4. The van der Waals surface area contributed by atoms with E-state index in [0.29, 0.717) is 11.5 Å². The fourth-order valence-corrected chi connectivity index (χ4v) is 4.31. The number of nitro benzene ring substituents is 1. The molecule has 1 heterocycles. The van der Waals surface area contributed by atoms with Crippen LogP contribution in [0.25, 0.3) is 16.7 Å². The van der Waals surface area contributed by atoms with Gasteiger partial charge in [0.1, 0.15) is 23.9 Å². The maximum absolute atomic E-state index is 13.9. The number of hydrogen-bond acceptors (Lipinski definition) is 5. The lowest BCUT2D eigenvalue weighted by Crippen LogP contribution is -2.32. The molecule has 0 atom stereocenters. The van der Waals surface area contributed by atoms with Crippen molar-refractivity contribution in [3.05, 3.63) is 87.7 Å². The zero-order valence-corrected chi connectivity index (χ0v) is 18.9. The first-order valence-electron chi connectivity index (χ1n) is 10.5. The Labute approximate surface area is 191 Å². The van der Waals surface area contributed by atoms with Crippen molar-refractivity contribution in [2.75, 3.05) is 12.4 Å². The molecule has 0 radical (unpaired) electrons. The van der Waals surface area contributed by atoms with Gasteiger partial charge in [-0.2, -0.15) is 0 Å². The predicted molar refractivity (Wildman–Crippen MR) is 127 cm³/mol. The highest BCUT2D eigenvalue weighted by Crippen LogP contribution is 2.42. The number of allylic oxidation sites excluding steroid dienone is 1. The van der Waals surface area contributed by atoms with Gasteiger partial charge in [-0.15, -0.1) is 0 Å². The van der Waals surface area contributed by atoms with Gasteiger partial charge in [-0.25, -0.2) is 4.39 Å². The first-order chi connectivity index (χ1) is 15.7. The molecular weight excluding hydrogens is 423 g/mol. The van der Waals surface area contributed by atoms with E-state index in [9.17, 15) is 14.5 Å². The van der Waals surface area contributed by atoms with Gasteiger partial charge in [0.25, 0.3) is 5.69 Å². The van der Waals surface area contributed by atoms with Crippen molar-refractivity contribution < 1.29 is 18.8 Å². The summed E-state index contributed by atoms with van der Waals surface area (Å²) in [6.07, 6.45) is 2.16. The summed E-state index contributed by atoms with van der Waals surface area (Å²) >= 11 is 0. The molecule has 1 N–H and O–H groups in total. The number of nitro groups is 1. The Balaban J connectivity index is 1.81. The Kier molecular flexibility index (Phi) is 5.80. The van der Waals surface area contributed by atoms with E-state index in [1.807, 2.05) is 12.1 Å². The molecule has 0 amide bonds. The predicted octanol–water partition coefficient (Wildman–Crippen LogP) is 6.60. The summed E-state index contributed by atoms with van der Waals surface area (Å²) in [7, 11) is 1.51. The van der Waals surface area contributed by atoms with Crippen LogP contribution in [0.3, 0.4) is 0 Å². The van der Waals surface area contributed by atoms with Crippen LogP contribution < -0.4 is 14.8 Å². The number of nitrogens with one attached hydrogen (secondary N) is 1. The average molecular weight is 448 g/mol. The summed E-state index contributed by atoms with van der Waals surface area (Å²) in [5.41, 5.74) is 5.41. The highest BCUT2D eigenvalue weighted by atomic mass is 19.1. The number of benzene rings is 3. The van der Waals surface area contributed by atoms with Crippen molar-refractivity contribution in [2.45, 2.75) is 32.9 Å². The van der Waals surface area contributed by atoms with E-state index in [4.69, 9.17) is 9.47 Å². The van der Waals surface area contributed by atoms with Crippen molar-refractivity contribution in [1.82, 2.24) is 0 Å². The maximum atomic E-state index is 13.9. The third kappa shape index (κ3) is 4.53. The van der Waals surface area contributed by atoms with Crippen molar-refractivity contribution in [3.63, 3.8) is 0 Å². The lowest BCUT2D eigenvalue weighted by atomic mass is 9.85. The largest absolute Gasteiger partial charge is 0.496 e. The van der Waals surface area contributed by atoms with Crippen molar-refractivity contribution in [3.8, 4) is 22.6 Å². The molecule has 6 nitrogen and oxygen atoms in total. The van der Waals surface area contributed by atoms with E-state index < -0.39 is 4.92 Å². The number of fused-ring (bicyclic) bond motifs is 1. The molecule has 0 spiro atoms. The monoisotopic (exact) mass is 448 g/mol. The van der Waals surface area contributed by atoms with Gasteiger partial charge in [0.2, 0.25) is 0 Å². The van der Waals surface area contributed by atoms with Crippen LogP contribution in [0.4, 0.5) is 15.8 Å². The zero-order chi connectivity index (χ0) is 23.8. The van der Waals surface area contributed by atoms with Crippen LogP contribution in [-0.2, 0) is 6.61 Å². The number of ether oxygens (including phenoxy) is 2. The van der Waals surface area contributed by atoms with E-state index in [-0.39, 0.29) is 23.7 Å². The highest BCUT2D eigenvalue weighted by molar-refractivity contribution is 5.88. The smallest absolute Gasteiger partial charge is 0.269 e. The Bertz CT molecular complexity index is 1250. The summed E-state index contributed by atoms with van der Waals surface area (Å²) in [6.45, 7) is 6.47. The van der Waals surface area contributed by atoms with E-state index in [1.54, 1.807) is 18.2 Å². The Morgan fingerprint density at radius 2 is 1.76 bits per heavy atom. The molecule has 3 aromatic carbocycles. The molecule has 0 saturated heterocycles. The fraction of sp³-hybridized carbons (Fsp3) is 0.231. The lowest BCUT2D eigenvalue weighted by molar-refractivity contribution is -0.384. The summed E-state index contributed by atoms with van der Waals surface area (Å²) in [5.74, 6) is 0.565. The summed E-state index contributed by atoms with van der Waals surface area (Å²) in [4.78, 5) is 10.5. The zero-order valence-electron chi connectivity index (χ0n) is 18.9. The molecule has 0 unspecified atom stereocenters. The van der Waals surface area contributed by atoms with Crippen LogP contribution in [0.1, 0.15) is 31.9 Å². The number of nitrogens with zero attached hydrogens (tertiary/aromatic N) is 1. The average Bonchev–Trinajstić information content (AvgIpc) is 2.76. The topological polar surface area (TPSA) is 73.6 Å². The molecule has 33 heavy (non-hydrogen) atoms. The number of halogens is 1. The first-order valence-corrected chi connectivity index (χ1v) is 10.5. The number of rotatable bonds is 6. The molecule has 3 aromatic rings. The third-order valence-corrected chi connectivity index (χ3v) is 5.63. The number of hydrogen-bond donors (Lipinski definition) is 1. The summed E-state index contributed by atoms with van der Waals surface area (Å²) < 4.78 is 25.4. The molecule has 0 bridgehead atoms. The minimum atomic E-state index is -0.447. The maximum Gasteiger partial charge on any atom is 0.269 e. The number of anilines is 1. The van der Waals surface area contributed by atoms with Gasteiger partial charge in [-0.05, 0) is 62.2 Å². The minimum absolute atomic E-state index is 0.00128. The molecule has 1 aliphatic rings. The van der Waals surface area contributed by atoms with Crippen LogP contribution in [0.5, 0.6) is 11.5 Å². The Morgan fingerprint density at radius 3 is 2.42 bits per heavy atom. The van der Waals surface area contributed by atoms with Crippen molar-refractivity contribution >= 4 is 16.9 Å². The fourth-order valence-electron chi connectivity index (χ4n) is 4.31. The van der Waals surface area contributed by atoms with Gasteiger partial charge in [-0.1, -0.05) is 12.1 Å². The highest BCUT2D eigenvalue weighted by Gasteiger charge is 2.27. The second kappa shape index (κ2) is 8.58. The van der Waals surface area contributed by atoms with Gasteiger partial charge < -0.3 is 14.8 Å². The van der Waals surface area contributed by atoms with Gasteiger partial charge >= 0.3 is 0 Å². The second-order valence-electron chi connectivity index (χ2n) is 8.57. The van der Waals surface area contributed by atoms with Crippen molar-refractivity contribution in [1.29, 1.82) is 0 Å². The molecular formula is C26H25FN2O4. The van der Waals surface area contributed by atoms with Crippen LogP contribution in [0.15, 0.2) is 60.7 Å². The van der Waals surface area contributed by atoms with E-state index in [2.05, 4.69) is 32.2 Å². The minimum Gasteiger partial charge on any atom is -0.496 e. The van der Waals surface area contributed by atoms with Gasteiger partial charge in [0.05, 0.1) is 17.6 Å². The van der Waals surface area contributed by atoms with E-state index in [1.165, 1.54) is 31.4 Å². The van der Waals surface area contributed by atoms with E-state index >= 15 is 0 Å². The van der Waals surface area contributed by atoms with Crippen LogP contribution >= 0.6 is 0 Å². The van der Waals surface area contributed by atoms with E-state index in [0.717, 1.165) is 33.5 Å². The van der Waals surface area contributed by atoms with Crippen molar-refractivity contribution in [2.24, 2.45) is 0 Å². The second-order valence-corrected chi connectivity index (χ2v) is 8.57. The molecule has 170 valence electrons. The molecule has 7 heteroatoms. The molecule has 0 aromatic heterocycles. The van der Waals surface area contributed by atoms with Gasteiger partial charge in [0.15, 0.2) is 0 Å². The van der Waals surface area contributed by atoms with Crippen LogP contribution in [-0.4, -0.2) is 17.6 Å². The van der Waals surface area contributed by atoms with Gasteiger partial charge in [-0.3, -0.25) is 10.1 Å². The molecule has 0 aliphatic carbocycles. The van der Waals surface area contributed by atoms with Crippen LogP contribution in [0.2, 0.25) is 0 Å². The molecule has 0 fully saturated rings. The number of methoxy groups -OCH3 is 1.